The Morgan fingerprint density at radius 2 is 1.68 bits per heavy atom. The van der Waals surface area contributed by atoms with Gasteiger partial charge in [0, 0.05) is 11.7 Å². The van der Waals surface area contributed by atoms with Crippen molar-refractivity contribution in [1.29, 1.82) is 0 Å². The first-order chi connectivity index (χ1) is 10.5. The molecule has 3 aromatic rings. The van der Waals surface area contributed by atoms with E-state index < -0.39 is 0 Å². The van der Waals surface area contributed by atoms with Crippen LogP contribution in [0.1, 0.15) is 22.3 Å². The smallest absolute Gasteiger partial charge is 0.257 e. The molecule has 0 aliphatic rings. The Labute approximate surface area is 129 Å². The fourth-order valence-corrected chi connectivity index (χ4v) is 2.53. The summed E-state index contributed by atoms with van der Waals surface area (Å²) in [5.74, 6) is 0. The van der Waals surface area contributed by atoms with Gasteiger partial charge in [-0.1, -0.05) is 29.3 Å². The lowest BCUT2D eigenvalue weighted by Gasteiger charge is -2.02. The highest BCUT2D eigenvalue weighted by Crippen LogP contribution is 2.19. The second kappa shape index (κ2) is 5.60. The van der Waals surface area contributed by atoms with Crippen LogP contribution in [0.15, 0.2) is 52.3 Å². The molecule has 22 heavy (non-hydrogen) atoms. The van der Waals surface area contributed by atoms with E-state index in [9.17, 15) is 4.79 Å². The summed E-state index contributed by atoms with van der Waals surface area (Å²) in [6.45, 7) is 6.11. The Hall–Kier alpha value is -2.68. The van der Waals surface area contributed by atoms with Gasteiger partial charge in [0.05, 0.1) is 11.3 Å². The maximum atomic E-state index is 12.1. The molecule has 0 amide bonds. The third-order valence-corrected chi connectivity index (χ3v) is 3.72. The van der Waals surface area contributed by atoms with Gasteiger partial charge < -0.3 is 4.98 Å². The van der Waals surface area contributed by atoms with E-state index in [1.54, 1.807) is 6.21 Å². The van der Waals surface area contributed by atoms with E-state index in [0.717, 1.165) is 27.7 Å². The van der Waals surface area contributed by atoms with Crippen LogP contribution < -0.4 is 5.56 Å². The molecule has 0 aliphatic carbocycles. The van der Waals surface area contributed by atoms with Gasteiger partial charge in [-0.3, -0.25) is 9.79 Å². The van der Waals surface area contributed by atoms with Crippen LogP contribution in [0.25, 0.3) is 10.9 Å². The molecule has 0 radical (unpaired) electrons. The zero-order chi connectivity index (χ0) is 15.7. The number of H-pyrrole nitrogens is 1. The van der Waals surface area contributed by atoms with E-state index in [0.29, 0.717) is 5.56 Å². The molecule has 2 aromatic carbocycles. The lowest BCUT2D eigenvalue weighted by molar-refractivity contribution is 1.28. The monoisotopic (exact) mass is 290 g/mol. The van der Waals surface area contributed by atoms with Gasteiger partial charge >= 0.3 is 0 Å². The Morgan fingerprint density at radius 3 is 2.45 bits per heavy atom. The minimum Gasteiger partial charge on any atom is -0.321 e. The van der Waals surface area contributed by atoms with Crippen LogP contribution in [0.4, 0.5) is 5.69 Å². The zero-order valence-corrected chi connectivity index (χ0v) is 13.0. The molecule has 0 saturated heterocycles. The van der Waals surface area contributed by atoms with Crippen molar-refractivity contribution in [3.8, 4) is 0 Å². The van der Waals surface area contributed by atoms with Crippen LogP contribution in [0.5, 0.6) is 0 Å². The number of hydrogen-bond donors (Lipinski definition) is 1. The summed E-state index contributed by atoms with van der Waals surface area (Å²) >= 11 is 0. The van der Waals surface area contributed by atoms with Gasteiger partial charge in [0.1, 0.15) is 0 Å². The standard InChI is InChI=1S/C19H18N2O/c1-12-4-6-17(14(3)8-12)20-11-16-10-15-9-13(2)5-7-18(15)21-19(16)22/h4-11H,1-3H3,(H,21,22). The van der Waals surface area contributed by atoms with E-state index in [4.69, 9.17) is 0 Å². The zero-order valence-electron chi connectivity index (χ0n) is 13.0. The van der Waals surface area contributed by atoms with E-state index in [2.05, 4.69) is 29.0 Å². The summed E-state index contributed by atoms with van der Waals surface area (Å²) in [5, 5.41) is 1.02. The van der Waals surface area contributed by atoms with Crippen LogP contribution in [0.2, 0.25) is 0 Å². The number of aromatic nitrogens is 1. The fraction of sp³-hybridized carbons (Fsp3) is 0.158. The largest absolute Gasteiger partial charge is 0.321 e. The molecular formula is C19H18N2O. The molecular weight excluding hydrogens is 272 g/mol. The van der Waals surface area contributed by atoms with Crippen LogP contribution >= 0.6 is 0 Å². The molecule has 1 N–H and O–H groups in total. The number of aryl methyl sites for hydroxylation is 3. The highest BCUT2D eigenvalue weighted by molar-refractivity contribution is 5.89. The van der Waals surface area contributed by atoms with E-state index in [-0.39, 0.29) is 5.56 Å². The molecule has 3 nitrogen and oxygen atoms in total. The fourth-order valence-electron chi connectivity index (χ4n) is 2.53. The molecule has 110 valence electrons. The molecule has 0 aliphatic heterocycles. The number of nitrogens with zero attached hydrogens (tertiary/aromatic N) is 1. The first-order valence-corrected chi connectivity index (χ1v) is 7.28. The van der Waals surface area contributed by atoms with Crippen molar-refractivity contribution in [3.05, 3.63) is 75.1 Å². The van der Waals surface area contributed by atoms with E-state index in [1.165, 1.54) is 5.56 Å². The quantitative estimate of drug-likeness (QED) is 0.706. The minimum atomic E-state index is -0.120. The molecule has 3 rings (SSSR count). The predicted octanol–water partition coefficient (Wildman–Crippen LogP) is 4.20. The number of aromatic amines is 1. The number of fused-ring (bicyclic) bond motifs is 1. The Bertz CT molecular complexity index is 936. The average molecular weight is 290 g/mol. The molecule has 0 spiro atoms. The van der Waals surface area contributed by atoms with Crippen LogP contribution in [0, 0.1) is 20.8 Å². The normalized spacial score (nSPS) is 11.4. The number of benzene rings is 2. The average Bonchev–Trinajstić information content (AvgIpc) is 2.47. The van der Waals surface area contributed by atoms with Gasteiger partial charge in [0.15, 0.2) is 0 Å². The number of hydrogen-bond acceptors (Lipinski definition) is 2. The molecule has 0 atom stereocenters. The topological polar surface area (TPSA) is 45.2 Å². The molecule has 3 heteroatoms. The van der Waals surface area contributed by atoms with E-state index in [1.807, 2.05) is 44.2 Å². The van der Waals surface area contributed by atoms with Gasteiger partial charge in [-0.05, 0) is 56.0 Å². The third-order valence-electron chi connectivity index (χ3n) is 3.72. The summed E-state index contributed by atoms with van der Waals surface area (Å²) in [5.41, 5.74) is 5.65. The lowest BCUT2D eigenvalue weighted by Crippen LogP contribution is -2.11. The molecule has 1 heterocycles. The summed E-state index contributed by atoms with van der Waals surface area (Å²) < 4.78 is 0. The summed E-state index contributed by atoms with van der Waals surface area (Å²) in [7, 11) is 0. The lowest BCUT2D eigenvalue weighted by atomic mass is 10.1. The first-order valence-electron chi connectivity index (χ1n) is 7.28. The second-order valence-corrected chi connectivity index (χ2v) is 5.69. The first kappa shape index (κ1) is 14.3. The van der Waals surface area contributed by atoms with Gasteiger partial charge in [-0.25, -0.2) is 0 Å². The van der Waals surface area contributed by atoms with Crippen LogP contribution in [-0.2, 0) is 0 Å². The number of rotatable bonds is 2. The Balaban J connectivity index is 2.04. The molecule has 1 aromatic heterocycles. The Morgan fingerprint density at radius 1 is 0.955 bits per heavy atom. The van der Waals surface area contributed by atoms with Crippen molar-refractivity contribution in [2.24, 2.45) is 4.99 Å². The van der Waals surface area contributed by atoms with Crippen LogP contribution in [-0.4, -0.2) is 11.2 Å². The summed E-state index contributed by atoms with van der Waals surface area (Å²) in [6, 6.07) is 13.9. The molecule has 0 fully saturated rings. The van der Waals surface area contributed by atoms with Crippen molar-refractivity contribution in [3.63, 3.8) is 0 Å². The predicted molar refractivity (Wildman–Crippen MR) is 92.5 cm³/mol. The number of nitrogens with one attached hydrogen (secondary N) is 1. The highest BCUT2D eigenvalue weighted by atomic mass is 16.1. The Kier molecular flexibility index (Phi) is 3.63. The van der Waals surface area contributed by atoms with Gasteiger partial charge in [0.2, 0.25) is 0 Å². The number of pyridine rings is 1. The number of aliphatic imine (C=N–C) groups is 1. The van der Waals surface area contributed by atoms with Gasteiger partial charge in [-0.2, -0.15) is 0 Å². The molecule has 0 bridgehead atoms. The van der Waals surface area contributed by atoms with Gasteiger partial charge in [-0.15, -0.1) is 0 Å². The highest BCUT2D eigenvalue weighted by Gasteiger charge is 2.02. The maximum absolute atomic E-state index is 12.1. The maximum Gasteiger partial charge on any atom is 0.257 e. The summed E-state index contributed by atoms with van der Waals surface area (Å²) in [6.07, 6.45) is 1.64. The van der Waals surface area contributed by atoms with Crippen molar-refractivity contribution in [2.45, 2.75) is 20.8 Å². The van der Waals surface area contributed by atoms with Crippen molar-refractivity contribution >= 4 is 22.8 Å². The second-order valence-electron chi connectivity index (χ2n) is 5.69. The van der Waals surface area contributed by atoms with E-state index >= 15 is 0 Å². The van der Waals surface area contributed by atoms with Crippen molar-refractivity contribution in [1.82, 2.24) is 4.98 Å². The summed E-state index contributed by atoms with van der Waals surface area (Å²) in [4.78, 5) is 19.5. The third kappa shape index (κ3) is 2.84. The van der Waals surface area contributed by atoms with Gasteiger partial charge in [0.25, 0.3) is 5.56 Å². The molecule has 0 saturated carbocycles. The minimum absolute atomic E-state index is 0.120. The van der Waals surface area contributed by atoms with Crippen molar-refractivity contribution < 1.29 is 0 Å². The van der Waals surface area contributed by atoms with Crippen LogP contribution in [0.3, 0.4) is 0 Å². The SMILES string of the molecule is Cc1ccc(N=Cc2cc3cc(C)ccc3[nH]c2=O)c(C)c1. The molecule has 0 unspecified atom stereocenters. The van der Waals surface area contributed by atoms with Crippen molar-refractivity contribution in [2.75, 3.05) is 0 Å².